The normalized spacial score (nSPS) is 10.5. The number of hydrogen-bond donors (Lipinski definition) is 1. The molecule has 0 aliphatic carbocycles. The Balaban J connectivity index is 1.79. The maximum Gasteiger partial charge on any atom is 0.133 e. The molecule has 106 valence electrons. The highest BCUT2D eigenvalue weighted by Gasteiger charge is 2.02. The summed E-state index contributed by atoms with van der Waals surface area (Å²) < 4.78 is 6.84. The molecule has 0 unspecified atom stereocenters. The zero-order chi connectivity index (χ0) is 14.2. The zero-order valence-corrected chi connectivity index (χ0v) is 13.3. The fourth-order valence-corrected chi connectivity index (χ4v) is 2.62. The molecule has 0 aliphatic rings. The van der Waals surface area contributed by atoms with Crippen LogP contribution in [0.5, 0.6) is 5.75 Å². The maximum absolute atomic E-state index is 5.82. The van der Waals surface area contributed by atoms with Crippen LogP contribution in [0.25, 0.3) is 0 Å². The van der Waals surface area contributed by atoms with Crippen molar-refractivity contribution in [2.45, 2.75) is 19.4 Å². The van der Waals surface area contributed by atoms with Crippen LogP contribution >= 0.6 is 15.9 Å². The Morgan fingerprint density at radius 3 is 2.55 bits per heavy atom. The lowest BCUT2D eigenvalue weighted by Gasteiger charge is -2.10. The third kappa shape index (κ3) is 4.66. The summed E-state index contributed by atoms with van der Waals surface area (Å²) in [5, 5.41) is 3.14. The van der Waals surface area contributed by atoms with Gasteiger partial charge in [0.05, 0.1) is 11.1 Å². The summed E-state index contributed by atoms with van der Waals surface area (Å²) in [5.74, 6) is 0.915. The van der Waals surface area contributed by atoms with Crippen LogP contribution in [-0.4, -0.2) is 13.7 Å². The van der Waals surface area contributed by atoms with Crippen LogP contribution < -0.4 is 10.1 Å². The van der Waals surface area contributed by atoms with Crippen LogP contribution in [-0.2, 0) is 13.0 Å². The van der Waals surface area contributed by atoms with Gasteiger partial charge in [-0.3, -0.25) is 0 Å². The minimum absolute atomic E-state index is 0.735. The molecule has 0 saturated heterocycles. The van der Waals surface area contributed by atoms with Crippen molar-refractivity contribution in [3.8, 4) is 5.75 Å². The molecule has 0 bridgehead atoms. The molecule has 0 saturated carbocycles. The van der Waals surface area contributed by atoms with E-state index in [1.165, 1.54) is 11.1 Å². The summed E-state index contributed by atoms with van der Waals surface area (Å²) in [4.78, 5) is 0. The molecule has 0 amide bonds. The summed E-state index contributed by atoms with van der Waals surface area (Å²) >= 11 is 3.56. The lowest BCUT2D eigenvalue weighted by atomic mass is 10.1. The first-order chi connectivity index (χ1) is 9.79. The van der Waals surface area contributed by atoms with Gasteiger partial charge >= 0.3 is 0 Å². The molecule has 2 rings (SSSR count). The van der Waals surface area contributed by atoms with Crippen molar-refractivity contribution in [3.63, 3.8) is 0 Å². The van der Waals surface area contributed by atoms with E-state index in [1.54, 1.807) is 0 Å². The van der Waals surface area contributed by atoms with E-state index >= 15 is 0 Å². The molecular weight excluding hydrogens is 314 g/mol. The van der Waals surface area contributed by atoms with E-state index in [1.807, 2.05) is 19.2 Å². The fraction of sp³-hybridized carbons (Fsp3) is 0.294. The minimum atomic E-state index is 0.735. The second kappa shape index (κ2) is 8.08. The van der Waals surface area contributed by atoms with Crippen molar-refractivity contribution < 1.29 is 4.74 Å². The molecule has 0 aromatic heterocycles. The Labute approximate surface area is 129 Å². The number of nitrogens with one attached hydrogen (secondary N) is 1. The quantitative estimate of drug-likeness (QED) is 0.767. The summed E-state index contributed by atoms with van der Waals surface area (Å²) in [7, 11) is 1.95. The van der Waals surface area contributed by atoms with Gasteiger partial charge in [-0.05, 0) is 59.1 Å². The summed E-state index contributed by atoms with van der Waals surface area (Å²) in [6.45, 7) is 1.60. The average Bonchev–Trinajstić information content (AvgIpc) is 2.47. The van der Waals surface area contributed by atoms with E-state index in [0.29, 0.717) is 0 Å². The first-order valence-electron chi connectivity index (χ1n) is 6.89. The van der Waals surface area contributed by atoms with E-state index < -0.39 is 0 Å². The standard InChI is InChI=1S/C17H20BrNO/c1-19-13-15-9-10-17(16(18)12-15)20-11-5-8-14-6-3-2-4-7-14/h2-4,6-7,9-10,12,19H,5,8,11,13H2,1H3. The van der Waals surface area contributed by atoms with Gasteiger partial charge in [-0.2, -0.15) is 0 Å². The van der Waals surface area contributed by atoms with Crippen molar-refractivity contribution in [2.75, 3.05) is 13.7 Å². The molecule has 2 aromatic rings. The average molecular weight is 334 g/mol. The molecular formula is C17H20BrNO. The van der Waals surface area contributed by atoms with Crippen LogP contribution in [0, 0.1) is 0 Å². The highest BCUT2D eigenvalue weighted by atomic mass is 79.9. The van der Waals surface area contributed by atoms with Crippen LogP contribution in [0.3, 0.4) is 0 Å². The Morgan fingerprint density at radius 1 is 1.05 bits per heavy atom. The van der Waals surface area contributed by atoms with Crippen molar-refractivity contribution in [3.05, 3.63) is 64.1 Å². The summed E-state index contributed by atoms with van der Waals surface area (Å²) in [6.07, 6.45) is 2.07. The monoisotopic (exact) mass is 333 g/mol. The molecule has 0 spiro atoms. The molecule has 0 atom stereocenters. The lowest BCUT2D eigenvalue weighted by molar-refractivity contribution is 0.309. The van der Waals surface area contributed by atoms with E-state index in [9.17, 15) is 0 Å². The summed E-state index contributed by atoms with van der Waals surface area (Å²) in [6, 6.07) is 16.7. The van der Waals surface area contributed by atoms with Gasteiger partial charge in [0.1, 0.15) is 5.75 Å². The minimum Gasteiger partial charge on any atom is -0.492 e. The van der Waals surface area contributed by atoms with E-state index in [0.717, 1.165) is 36.2 Å². The first kappa shape index (κ1) is 15.1. The molecule has 1 N–H and O–H groups in total. The van der Waals surface area contributed by atoms with Crippen molar-refractivity contribution in [1.82, 2.24) is 5.32 Å². The van der Waals surface area contributed by atoms with Gasteiger partial charge in [-0.25, -0.2) is 0 Å². The van der Waals surface area contributed by atoms with Gasteiger partial charge in [0.15, 0.2) is 0 Å². The molecule has 0 fully saturated rings. The van der Waals surface area contributed by atoms with Crippen molar-refractivity contribution in [1.29, 1.82) is 0 Å². The summed E-state index contributed by atoms with van der Waals surface area (Å²) in [5.41, 5.74) is 2.61. The number of rotatable bonds is 7. The second-order valence-corrected chi connectivity index (χ2v) is 5.59. The number of halogens is 1. The maximum atomic E-state index is 5.82. The fourth-order valence-electron chi connectivity index (χ4n) is 2.08. The largest absolute Gasteiger partial charge is 0.492 e. The predicted octanol–water partition coefficient (Wildman–Crippen LogP) is 4.18. The Kier molecular flexibility index (Phi) is 6.09. The Bertz CT molecular complexity index is 528. The van der Waals surface area contributed by atoms with Gasteiger partial charge < -0.3 is 10.1 Å². The van der Waals surface area contributed by atoms with E-state index in [2.05, 4.69) is 57.6 Å². The predicted molar refractivity (Wildman–Crippen MR) is 87.2 cm³/mol. The SMILES string of the molecule is CNCc1ccc(OCCCc2ccccc2)c(Br)c1. The topological polar surface area (TPSA) is 21.3 Å². The third-order valence-electron chi connectivity index (χ3n) is 3.09. The van der Waals surface area contributed by atoms with E-state index in [4.69, 9.17) is 4.74 Å². The van der Waals surface area contributed by atoms with Gasteiger partial charge in [0, 0.05) is 6.54 Å². The van der Waals surface area contributed by atoms with Crippen LogP contribution in [0.15, 0.2) is 53.0 Å². The van der Waals surface area contributed by atoms with Gasteiger partial charge in [0.25, 0.3) is 0 Å². The van der Waals surface area contributed by atoms with E-state index in [-0.39, 0.29) is 0 Å². The van der Waals surface area contributed by atoms with Gasteiger partial charge in [-0.1, -0.05) is 36.4 Å². The van der Waals surface area contributed by atoms with Crippen molar-refractivity contribution in [2.24, 2.45) is 0 Å². The first-order valence-corrected chi connectivity index (χ1v) is 7.68. The number of hydrogen-bond acceptors (Lipinski definition) is 2. The molecule has 3 heteroatoms. The number of aryl methyl sites for hydroxylation is 1. The third-order valence-corrected chi connectivity index (χ3v) is 3.71. The molecule has 0 heterocycles. The highest BCUT2D eigenvalue weighted by molar-refractivity contribution is 9.10. The zero-order valence-electron chi connectivity index (χ0n) is 11.7. The molecule has 0 aliphatic heterocycles. The van der Waals surface area contributed by atoms with Crippen molar-refractivity contribution >= 4 is 15.9 Å². The molecule has 2 nitrogen and oxygen atoms in total. The molecule has 0 radical (unpaired) electrons. The smallest absolute Gasteiger partial charge is 0.133 e. The number of ether oxygens (including phenoxy) is 1. The molecule has 2 aromatic carbocycles. The lowest BCUT2D eigenvalue weighted by Crippen LogP contribution is -2.05. The second-order valence-electron chi connectivity index (χ2n) is 4.73. The van der Waals surface area contributed by atoms with Crippen LogP contribution in [0.1, 0.15) is 17.5 Å². The Hall–Kier alpha value is -1.32. The Morgan fingerprint density at radius 2 is 1.85 bits per heavy atom. The van der Waals surface area contributed by atoms with Gasteiger partial charge in [0.2, 0.25) is 0 Å². The molecule has 20 heavy (non-hydrogen) atoms. The van der Waals surface area contributed by atoms with Crippen LogP contribution in [0.4, 0.5) is 0 Å². The number of benzene rings is 2. The van der Waals surface area contributed by atoms with Crippen LogP contribution in [0.2, 0.25) is 0 Å². The highest BCUT2D eigenvalue weighted by Crippen LogP contribution is 2.26. The van der Waals surface area contributed by atoms with Gasteiger partial charge in [-0.15, -0.1) is 0 Å².